The fraction of sp³-hybridized carbons (Fsp3) is 0.900. The van der Waals surface area contributed by atoms with E-state index in [1.165, 1.54) is 32.1 Å². The average Bonchev–Trinajstić information content (AvgIpc) is 2.07. The Bertz CT molecular complexity index is 139. The second-order valence-corrected chi connectivity index (χ2v) is 3.74. The van der Waals surface area contributed by atoms with Crippen LogP contribution in [-0.4, -0.2) is 0 Å². The molecule has 0 spiro atoms. The molecule has 0 bridgehead atoms. The molecule has 0 heterocycles. The van der Waals surface area contributed by atoms with Crippen LogP contribution in [0, 0.1) is 23.2 Å². The van der Waals surface area contributed by atoms with Crippen molar-refractivity contribution in [3.8, 4) is 6.07 Å². The summed E-state index contributed by atoms with van der Waals surface area (Å²) in [6.07, 6.45) is 7.67. The topological polar surface area (TPSA) is 23.8 Å². The summed E-state index contributed by atoms with van der Waals surface area (Å²) in [5.41, 5.74) is 0. The van der Waals surface area contributed by atoms with Crippen LogP contribution in [-0.2, 0) is 0 Å². The average molecular weight is 151 g/mol. The quantitative estimate of drug-likeness (QED) is 0.595. The van der Waals surface area contributed by atoms with E-state index in [1.807, 2.05) is 0 Å². The molecule has 0 saturated heterocycles. The van der Waals surface area contributed by atoms with E-state index in [0.717, 1.165) is 12.3 Å². The summed E-state index contributed by atoms with van der Waals surface area (Å²) in [6, 6.07) is 2.26. The van der Waals surface area contributed by atoms with Gasteiger partial charge in [-0.05, 0) is 11.8 Å². The lowest BCUT2D eigenvalue weighted by Gasteiger charge is -2.25. The van der Waals surface area contributed by atoms with Crippen molar-refractivity contribution >= 4 is 0 Å². The maximum atomic E-state index is 8.52. The number of hydrogen-bond acceptors (Lipinski definition) is 1. The molecule has 1 aliphatic carbocycles. The highest BCUT2D eigenvalue weighted by Gasteiger charge is 2.19. The summed E-state index contributed by atoms with van der Waals surface area (Å²) in [7, 11) is 0. The molecule has 1 saturated carbocycles. The minimum atomic E-state index is 0.639. The first-order valence-corrected chi connectivity index (χ1v) is 4.71. The zero-order valence-corrected chi connectivity index (χ0v) is 7.34. The van der Waals surface area contributed by atoms with Crippen LogP contribution < -0.4 is 0 Å². The highest BCUT2D eigenvalue weighted by molar-refractivity contribution is 4.79. The Hall–Kier alpha value is -0.510. The van der Waals surface area contributed by atoms with E-state index >= 15 is 0 Å². The van der Waals surface area contributed by atoms with Gasteiger partial charge in [-0.3, -0.25) is 0 Å². The Labute approximate surface area is 69.4 Å². The molecule has 1 heteroatoms. The van der Waals surface area contributed by atoms with E-state index < -0.39 is 0 Å². The highest BCUT2D eigenvalue weighted by atomic mass is 14.3. The van der Waals surface area contributed by atoms with Gasteiger partial charge in [0.1, 0.15) is 0 Å². The van der Waals surface area contributed by atoms with Crippen molar-refractivity contribution in [1.82, 2.24) is 0 Å². The molecule has 62 valence electrons. The lowest BCUT2D eigenvalue weighted by Crippen LogP contribution is -2.14. The van der Waals surface area contributed by atoms with Crippen molar-refractivity contribution in [3.05, 3.63) is 0 Å². The molecule has 0 aromatic carbocycles. The summed E-state index contributed by atoms with van der Waals surface area (Å²) in [5, 5.41) is 8.52. The van der Waals surface area contributed by atoms with E-state index in [1.54, 1.807) is 0 Å². The van der Waals surface area contributed by atoms with Crippen molar-refractivity contribution in [3.63, 3.8) is 0 Å². The molecule has 0 amide bonds. The first-order chi connectivity index (χ1) is 5.34. The second-order valence-electron chi connectivity index (χ2n) is 3.74. The van der Waals surface area contributed by atoms with Gasteiger partial charge in [-0.15, -0.1) is 0 Å². The zero-order valence-electron chi connectivity index (χ0n) is 7.34. The number of hydrogen-bond donors (Lipinski definition) is 0. The van der Waals surface area contributed by atoms with Crippen molar-refractivity contribution in [1.29, 1.82) is 5.26 Å². The summed E-state index contributed by atoms with van der Waals surface area (Å²) in [5.74, 6) is 1.49. The van der Waals surface area contributed by atoms with Gasteiger partial charge in [0, 0.05) is 6.42 Å². The Balaban J connectivity index is 2.27. The normalized spacial score (nSPS) is 22.5. The molecule has 0 aromatic heterocycles. The molecular weight excluding hydrogens is 134 g/mol. The smallest absolute Gasteiger partial charge is 0.0624 e. The molecule has 0 N–H and O–H groups in total. The van der Waals surface area contributed by atoms with E-state index in [4.69, 9.17) is 5.26 Å². The fourth-order valence-electron chi connectivity index (χ4n) is 2.01. The minimum Gasteiger partial charge on any atom is -0.198 e. The van der Waals surface area contributed by atoms with Crippen LogP contribution in [0.3, 0.4) is 0 Å². The van der Waals surface area contributed by atoms with Crippen molar-refractivity contribution in [2.75, 3.05) is 0 Å². The van der Waals surface area contributed by atoms with Gasteiger partial charge in [0.15, 0.2) is 0 Å². The van der Waals surface area contributed by atoms with Crippen LogP contribution >= 0.6 is 0 Å². The Kier molecular flexibility index (Phi) is 3.42. The fourth-order valence-corrected chi connectivity index (χ4v) is 2.01. The highest BCUT2D eigenvalue weighted by Crippen LogP contribution is 2.30. The third-order valence-electron chi connectivity index (χ3n) is 2.87. The van der Waals surface area contributed by atoms with E-state index in [2.05, 4.69) is 13.0 Å². The number of rotatable bonds is 2. The molecule has 1 nitrogen and oxygen atoms in total. The molecule has 1 aliphatic rings. The van der Waals surface area contributed by atoms with Crippen molar-refractivity contribution in [2.45, 2.75) is 45.4 Å². The van der Waals surface area contributed by atoms with Crippen molar-refractivity contribution < 1.29 is 0 Å². The largest absolute Gasteiger partial charge is 0.198 e. The molecule has 0 aromatic rings. The second kappa shape index (κ2) is 4.38. The molecule has 0 unspecified atom stereocenters. The summed E-state index contributed by atoms with van der Waals surface area (Å²) >= 11 is 0. The summed E-state index contributed by atoms with van der Waals surface area (Å²) in [6.45, 7) is 2.22. The molecule has 0 aliphatic heterocycles. The van der Waals surface area contributed by atoms with Gasteiger partial charge < -0.3 is 0 Å². The molecule has 1 rings (SSSR count). The monoisotopic (exact) mass is 151 g/mol. The third kappa shape index (κ3) is 2.54. The van der Waals surface area contributed by atoms with Gasteiger partial charge in [0.25, 0.3) is 0 Å². The lowest BCUT2D eigenvalue weighted by molar-refractivity contribution is 0.266. The van der Waals surface area contributed by atoms with Crippen LogP contribution in [0.2, 0.25) is 0 Å². The van der Waals surface area contributed by atoms with Crippen LogP contribution in [0.5, 0.6) is 0 Å². The maximum Gasteiger partial charge on any atom is 0.0624 e. The molecule has 1 atom stereocenters. The van der Waals surface area contributed by atoms with E-state index in [9.17, 15) is 0 Å². The van der Waals surface area contributed by atoms with E-state index in [0.29, 0.717) is 5.92 Å². The van der Waals surface area contributed by atoms with Gasteiger partial charge in [0.05, 0.1) is 6.07 Å². The SMILES string of the molecule is C[C@H](CC#N)C1CCCCC1. The molecule has 0 radical (unpaired) electrons. The van der Waals surface area contributed by atoms with E-state index in [-0.39, 0.29) is 0 Å². The van der Waals surface area contributed by atoms with Crippen LogP contribution in [0.4, 0.5) is 0 Å². The third-order valence-corrected chi connectivity index (χ3v) is 2.87. The first kappa shape index (κ1) is 8.59. The van der Waals surface area contributed by atoms with Gasteiger partial charge in [-0.1, -0.05) is 39.0 Å². The standard InChI is InChI=1S/C10H17N/c1-9(7-8-11)10-5-3-2-4-6-10/h9-10H,2-7H2,1H3/t9-/m1/s1. The summed E-state index contributed by atoms with van der Waals surface area (Å²) in [4.78, 5) is 0. The number of nitriles is 1. The van der Waals surface area contributed by atoms with Crippen molar-refractivity contribution in [2.24, 2.45) is 11.8 Å². The summed E-state index contributed by atoms with van der Waals surface area (Å²) < 4.78 is 0. The minimum absolute atomic E-state index is 0.639. The van der Waals surface area contributed by atoms with Gasteiger partial charge in [-0.25, -0.2) is 0 Å². The predicted molar refractivity (Wildman–Crippen MR) is 46.0 cm³/mol. The van der Waals surface area contributed by atoms with Crippen LogP contribution in [0.15, 0.2) is 0 Å². The Morgan fingerprint density at radius 3 is 2.55 bits per heavy atom. The zero-order chi connectivity index (χ0) is 8.10. The van der Waals surface area contributed by atoms with Crippen LogP contribution in [0.25, 0.3) is 0 Å². The van der Waals surface area contributed by atoms with Gasteiger partial charge >= 0.3 is 0 Å². The molecular formula is C10H17N. The predicted octanol–water partition coefficient (Wildman–Crippen LogP) is 3.12. The first-order valence-electron chi connectivity index (χ1n) is 4.71. The van der Waals surface area contributed by atoms with Crippen LogP contribution in [0.1, 0.15) is 45.4 Å². The Morgan fingerprint density at radius 2 is 2.00 bits per heavy atom. The van der Waals surface area contributed by atoms with Gasteiger partial charge in [-0.2, -0.15) is 5.26 Å². The molecule has 11 heavy (non-hydrogen) atoms. The molecule has 1 fully saturated rings. The van der Waals surface area contributed by atoms with Gasteiger partial charge in [0.2, 0.25) is 0 Å². The Morgan fingerprint density at radius 1 is 1.36 bits per heavy atom. The maximum absolute atomic E-state index is 8.52. The number of nitrogens with zero attached hydrogens (tertiary/aromatic N) is 1. The lowest BCUT2D eigenvalue weighted by atomic mass is 9.80.